The van der Waals surface area contributed by atoms with E-state index in [0.717, 1.165) is 11.1 Å². The van der Waals surface area contributed by atoms with E-state index >= 15 is 0 Å². The van der Waals surface area contributed by atoms with Crippen molar-refractivity contribution in [1.82, 2.24) is 0 Å². The van der Waals surface area contributed by atoms with Crippen molar-refractivity contribution in [3.63, 3.8) is 0 Å². The molecule has 0 fully saturated rings. The predicted molar refractivity (Wildman–Crippen MR) is 81.3 cm³/mol. The molecule has 1 N–H and O–H groups in total. The number of phenolic OH excluding ortho intramolecular Hbond substituents is 1. The second-order valence-electron chi connectivity index (χ2n) is 4.89. The van der Waals surface area contributed by atoms with Crippen LogP contribution >= 0.6 is 0 Å². The van der Waals surface area contributed by atoms with Gasteiger partial charge in [0, 0.05) is 17.5 Å². The molecule has 0 heterocycles. The molecule has 0 radical (unpaired) electrons. The van der Waals surface area contributed by atoms with Crippen LogP contribution in [0.15, 0.2) is 48.5 Å². The van der Waals surface area contributed by atoms with Gasteiger partial charge in [0.25, 0.3) is 0 Å². The van der Waals surface area contributed by atoms with Gasteiger partial charge < -0.3 is 9.84 Å². The monoisotopic (exact) mass is 320 g/mol. The third-order valence-electron chi connectivity index (χ3n) is 2.95. The van der Waals surface area contributed by atoms with Crippen molar-refractivity contribution in [3.8, 4) is 23.3 Å². The molecule has 2 aromatic rings. The smallest absolute Gasteiger partial charge is 0.389 e. The molecule has 0 unspecified atom stereocenters. The Kier molecular flexibility index (Phi) is 5.53. The highest BCUT2D eigenvalue weighted by atomic mass is 19.4. The largest absolute Gasteiger partial charge is 0.508 e. The van der Waals surface area contributed by atoms with Crippen LogP contribution in [0.1, 0.15) is 24.0 Å². The standard InChI is InChI=1S/C18H15F3O2/c19-18(20,21)12-1-13-23-17-10-6-15(7-11-17)3-2-14-4-8-16(22)9-5-14/h4-11,22H,1,12-13H2. The third-order valence-corrected chi connectivity index (χ3v) is 2.95. The fourth-order valence-corrected chi connectivity index (χ4v) is 1.79. The van der Waals surface area contributed by atoms with Gasteiger partial charge in [0.1, 0.15) is 11.5 Å². The minimum Gasteiger partial charge on any atom is -0.508 e. The molecule has 5 heteroatoms. The van der Waals surface area contributed by atoms with Gasteiger partial charge in [-0.15, -0.1) is 0 Å². The third kappa shape index (κ3) is 6.35. The maximum atomic E-state index is 12.0. The molecule has 0 spiro atoms. The maximum absolute atomic E-state index is 12.0. The highest BCUT2D eigenvalue weighted by Crippen LogP contribution is 2.21. The zero-order valence-electron chi connectivity index (χ0n) is 12.2. The minimum atomic E-state index is -4.14. The molecule has 0 aliphatic rings. The summed E-state index contributed by atoms with van der Waals surface area (Å²) in [7, 11) is 0. The van der Waals surface area contributed by atoms with Crippen molar-refractivity contribution in [2.75, 3.05) is 6.61 Å². The highest BCUT2D eigenvalue weighted by Gasteiger charge is 2.26. The van der Waals surface area contributed by atoms with Crippen LogP contribution in [-0.4, -0.2) is 17.9 Å². The van der Waals surface area contributed by atoms with Crippen LogP contribution in [0, 0.1) is 11.8 Å². The Bertz CT molecular complexity index is 677. The number of rotatable bonds is 4. The first-order valence-electron chi connectivity index (χ1n) is 7.03. The van der Waals surface area contributed by atoms with Crippen molar-refractivity contribution < 1.29 is 23.0 Å². The molecule has 0 bridgehead atoms. The summed E-state index contributed by atoms with van der Waals surface area (Å²) in [6, 6.07) is 13.4. The normalized spacial score (nSPS) is 10.7. The van der Waals surface area contributed by atoms with Crippen molar-refractivity contribution in [2.24, 2.45) is 0 Å². The first-order valence-corrected chi connectivity index (χ1v) is 7.03. The number of alkyl halides is 3. The summed E-state index contributed by atoms with van der Waals surface area (Å²) in [5, 5.41) is 9.18. The second kappa shape index (κ2) is 7.59. The summed E-state index contributed by atoms with van der Waals surface area (Å²) in [5.74, 6) is 6.61. The van der Waals surface area contributed by atoms with Gasteiger partial charge in [-0.25, -0.2) is 0 Å². The molecule has 120 valence electrons. The molecule has 0 saturated carbocycles. The van der Waals surface area contributed by atoms with Crippen molar-refractivity contribution in [2.45, 2.75) is 19.0 Å². The summed E-state index contributed by atoms with van der Waals surface area (Å²) in [6.45, 7) is 0.0258. The van der Waals surface area contributed by atoms with Crippen LogP contribution in [0.3, 0.4) is 0 Å². The van der Waals surface area contributed by atoms with Crippen LogP contribution in [0.25, 0.3) is 0 Å². The molecular weight excluding hydrogens is 305 g/mol. The van der Waals surface area contributed by atoms with Gasteiger partial charge in [0.15, 0.2) is 0 Å². The van der Waals surface area contributed by atoms with Crippen LogP contribution in [0.4, 0.5) is 13.2 Å². The Labute approximate surface area is 132 Å². The lowest BCUT2D eigenvalue weighted by Gasteiger charge is -2.08. The molecule has 0 aromatic heterocycles. The van der Waals surface area contributed by atoms with E-state index in [1.165, 1.54) is 0 Å². The molecule has 0 aliphatic carbocycles. The Morgan fingerprint density at radius 2 is 1.39 bits per heavy atom. The summed E-state index contributed by atoms with van der Waals surface area (Å²) < 4.78 is 41.2. The van der Waals surface area contributed by atoms with Gasteiger partial charge in [-0.2, -0.15) is 13.2 Å². The number of ether oxygens (including phenoxy) is 1. The number of hydrogen-bond acceptors (Lipinski definition) is 2. The fraction of sp³-hybridized carbons (Fsp3) is 0.222. The Morgan fingerprint density at radius 3 is 1.91 bits per heavy atom. The number of benzene rings is 2. The Hall–Kier alpha value is -2.61. The first kappa shape index (κ1) is 16.8. The summed E-state index contributed by atoms with van der Waals surface area (Å²) in [5.41, 5.74) is 1.54. The topological polar surface area (TPSA) is 29.5 Å². The lowest BCUT2D eigenvalue weighted by atomic mass is 10.2. The minimum absolute atomic E-state index is 0.0258. The van der Waals surface area contributed by atoms with E-state index in [4.69, 9.17) is 4.74 Å². The Balaban J connectivity index is 1.86. The molecule has 0 atom stereocenters. The number of hydrogen-bond donors (Lipinski definition) is 1. The average Bonchev–Trinajstić information content (AvgIpc) is 2.51. The van der Waals surface area contributed by atoms with Gasteiger partial charge >= 0.3 is 6.18 Å². The predicted octanol–water partition coefficient (Wildman–Crippen LogP) is 4.51. The van der Waals surface area contributed by atoms with E-state index in [9.17, 15) is 18.3 Å². The summed E-state index contributed by atoms with van der Waals surface area (Å²) in [6.07, 6.45) is -5.05. The van der Waals surface area contributed by atoms with Gasteiger partial charge in [-0.3, -0.25) is 0 Å². The zero-order chi connectivity index (χ0) is 16.7. The summed E-state index contributed by atoms with van der Waals surface area (Å²) in [4.78, 5) is 0. The SMILES string of the molecule is Oc1ccc(C#Cc2ccc(OCCCC(F)(F)F)cc2)cc1. The number of halogens is 3. The van der Waals surface area contributed by atoms with Crippen LogP contribution in [-0.2, 0) is 0 Å². The quantitative estimate of drug-likeness (QED) is 0.663. The first-order chi connectivity index (χ1) is 10.9. The van der Waals surface area contributed by atoms with Crippen LogP contribution < -0.4 is 4.74 Å². The molecule has 23 heavy (non-hydrogen) atoms. The molecule has 2 aromatic carbocycles. The van der Waals surface area contributed by atoms with E-state index in [1.54, 1.807) is 48.5 Å². The molecule has 2 rings (SSSR count). The van der Waals surface area contributed by atoms with Crippen molar-refractivity contribution in [3.05, 3.63) is 59.7 Å². The molecule has 2 nitrogen and oxygen atoms in total. The van der Waals surface area contributed by atoms with Gasteiger partial charge in [-0.05, 0) is 55.0 Å². The molecule has 0 amide bonds. The zero-order valence-corrected chi connectivity index (χ0v) is 12.2. The van der Waals surface area contributed by atoms with E-state index in [0.29, 0.717) is 5.75 Å². The van der Waals surface area contributed by atoms with Gasteiger partial charge in [0.05, 0.1) is 6.61 Å². The number of phenols is 1. The van der Waals surface area contributed by atoms with Crippen LogP contribution in [0.2, 0.25) is 0 Å². The highest BCUT2D eigenvalue weighted by molar-refractivity contribution is 5.45. The maximum Gasteiger partial charge on any atom is 0.389 e. The van der Waals surface area contributed by atoms with Gasteiger partial charge in [0.2, 0.25) is 0 Å². The van der Waals surface area contributed by atoms with Crippen molar-refractivity contribution in [1.29, 1.82) is 0 Å². The molecule has 0 aliphatic heterocycles. The van der Waals surface area contributed by atoms with E-state index < -0.39 is 12.6 Å². The summed E-state index contributed by atoms with van der Waals surface area (Å²) >= 11 is 0. The van der Waals surface area contributed by atoms with E-state index in [1.807, 2.05) is 0 Å². The second-order valence-corrected chi connectivity index (χ2v) is 4.89. The lowest BCUT2D eigenvalue weighted by molar-refractivity contribution is -0.136. The lowest BCUT2D eigenvalue weighted by Crippen LogP contribution is -2.09. The van der Waals surface area contributed by atoms with Crippen molar-refractivity contribution >= 4 is 0 Å². The van der Waals surface area contributed by atoms with E-state index in [2.05, 4.69) is 11.8 Å². The van der Waals surface area contributed by atoms with E-state index in [-0.39, 0.29) is 18.8 Å². The van der Waals surface area contributed by atoms with Crippen LogP contribution in [0.5, 0.6) is 11.5 Å². The molecule has 0 saturated heterocycles. The molecular formula is C18H15F3O2. The van der Waals surface area contributed by atoms with Gasteiger partial charge in [-0.1, -0.05) is 11.8 Å². The Morgan fingerprint density at radius 1 is 0.870 bits per heavy atom. The number of aromatic hydroxyl groups is 1. The average molecular weight is 320 g/mol. The fourth-order valence-electron chi connectivity index (χ4n) is 1.79.